The molecule has 76 valence electrons. The van der Waals surface area contributed by atoms with Crippen molar-refractivity contribution in [2.24, 2.45) is 0 Å². The molecular formula is C9H7ClF3N. The van der Waals surface area contributed by atoms with E-state index >= 15 is 0 Å². The number of allylic oxidation sites excluding steroid dienone is 1. The van der Waals surface area contributed by atoms with Gasteiger partial charge >= 0.3 is 6.18 Å². The molecule has 0 saturated carbocycles. The van der Waals surface area contributed by atoms with Crippen LogP contribution in [0.15, 0.2) is 18.7 Å². The molecule has 0 aliphatic carbocycles. The number of nitrogens with zero attached hydrogens (tertiary/aromatic N) is 1. The number of aryl methyl sites for hydroxylation is 1. The first-order valence-corrected chi connectivity index (χ1v) is 4.09. The Morgan fingerprint density at radius 2 is 2.00 bits per heavy atom. The van der Waals surface area contributed by atoms with Gasteiger partial charge in [-0.05, 0) is 24.6 Å². The quantitative estimate of drug-likeness (QED) is 0.660. The van der Waals surface area contributed by atoms with E-state index in [9.17, 15) is 13.2 Å². The van der Waals surface area contributed by atoms with E-state index in [2.05, 4.69) is 11.6 Å². The minimum Gasteiger partial charge on any atom is -0.241 e. The van der Waals surface area contributed by atoms with E-state index < -0.39 is 11.7 Å². The zero-order valence-corrected chi connectivity index (χ0v) is 8.08. The molecule has 0 fully saturated rings. The predicted molar refractivity (Wildman–Crippen MR) is 49.1 cm³/mol. The van der Waals surface area contributed by atoms with Gasteiger partial charge in [0, 0.05) is 5.69 Å². The molecule has 1 aromatic heterocycles. The van der Waals surface area contributed by atoms with Gasteiger partial charge in [-0.2, -0.15) is 13.2 Å². The van der Waals surface area contributed by atoms with Crippen LogP contribution in [0.3, 0.4) is 0 Å². The third-order valence-electron chi connectivity index (χ3n) is 1.61. The molecule has 0 aliphatic heterocycles. The van der Waals surface area contributed by atoms with E-state index in [1.54, 1.807) is 6.92 Å². The predicted octanol–water partition coefficient (Wildman–Crippen LogP) is 3.62. The summed E-state index contributed by atoms with van der Waals surface area (Å²) in [6, 6.07) is 2.44. The third kappa shape index (κ3) is 2.48. The van der Waals surface area contributed by atoms with Gasteiger partial charge in [0.15, 0.2) is 0 Å². The number of halogens is 4. The first-order chi connectivity index (χ1) is 6.30. The Morgan fingerprint density at radius 1 is 1.43 bits per heavy atom. The Labute approximate surface area is 84.2 Å². The van der Waals surface area contributed by atoms with Crippen LogP contribution in [0.5, 0.6) is 0 Å². The van der Waals surface area contributed by atoms with E-state index in [0.29, 0.717) is 5.69 Å². The Bertz CT molecular complexity index is 351. The van der Waals surface area contributed by atoms with Crippen LogP contribution in [0.25, 0.3) is 5.57 Å². The van der Waals surface area contributed by atoms with Gasteiger partial charge in [-0.25, -0.2) is 4.98 Å². The van der Waals surface area contributed by atoms with Gasteiger partial charge in [-0.15, -0.1) is 0 Å². The van der Waals surface area contributed by atoms with Gasteiger partial charge in [0.25, 0.3) is 0 Å². The van der Waals surface area contributed by atoms with Crippen molar-refractivity contribution in [2.75, 3.05) is 0 Å². The average molecular weight is 222 g/mol. The second-order valence-electron chi connectivity index (χ2n) is 2.80. The van der Waals surface area contributed by atoms with Gasteiger partial charge in [0.05, 0.1) is 5.57 Å². The SMILES string of the molecule is C=C(c1cc(C)nc(Cl)c1)C(F)(F)F. The van der Waals surface area contributed by atoms with E-state index in [0.717, 1.165) is 6.07 Å². The summed E-state index contributed by atoms with van der Waals surface area (Å²) < 4.78 is 36.7. The maximum atomic E-state index is 12.2. The second kappa shape index (κ2) is 3.61. The lowest BCUT2D eigenvalue weighted by atomic mass is 10.1. The fourth-order valence-corrected chi connectivity index (χ4v) is 1.22. The maximum Gasteiger partial charge on any atom is 0.416 e. The van der Waals surface area contributed by atoms with Crippen molar-refractivity contribution >= 4 is 17.2 Å². The minimum atomic E-state index is -4.43. The van der Waals surface area contributed by atoms with Crippen molar-refractivity contribution < 1.29 is 13.2 Å². The molecule has 0 unspecified atom stereocenters. The maximum absolute atomic E-state index is 12.2. The van der Waals surface area contributed by atoms with Crippen LogP contribution < -0.4 is 0 Å². The monoisotopic (exact) mass is 221 g/mol. The first-order valence-electron chi connectivity index (χ1n) is 3.71. The summed E-state index contributed by atoms with van der Waals surface area (Å²) in [5, 5.41) is 0.0328. The molecule has 0 aliphatic rings. The zero-order valence-electron chi connectivity index (χ0n) is 7.32. The second-order valence-corrected chi connectivity index (χ2v) is 3.18. The van der Waals surface area contributed by atoms with Gasteiger partial charge in [-0.1, -0.05) is 18.2 Å². The van der Waals surface area contributed by atoms with Crippen molar-refractivity contribution in [1.82, 2.24) is 4.98 Å². The highest BCUT2D eigenvalue weighted by atomic mass is 35.5. The summed E-state index contributed by atoms with van der Waals surface area (Å²) in [6.45, 7) is 4.54. The molecule has 1 nitrogen and oxygen atoms in total. The van der Waals surface area contributed by atoms with E-state index in [1.165, 1.54) is 6.07 Å². The minimum absolute atomic E-state index is 0.0328. The molecule has 0 saturated heterocycles. The Balaban J connectivity index is 3.14. The van der Waals surface area contributed by atoms with E-state index in [-0.39, 0.29) is 10.7 Å². The van der Waals surface area contributed by atoms with Gasteiger partial charge in [-0.3, -0.25) is 0 Å². The summed E-state index contributed by atoms with van der Waals surface area (Å²) >= 11 is 5.52. The molecule has 0 atom stereocenters. The van der Waals surface area contributed by atoms with Crippen molar-refractivity contribution in [1.29, 1.82) is 0 Å². The van der Waals surface area contributed by atoms with Crippen LogP contribution in [0, 0.1) is 6.92 Å². The molecule has 0 bridgehead atoms. The fourth-order valence-electron chi connectivity index (χ4n) is 0.966. The summed E-state index contributed by atoms with van der Waals surface area (Å²) in [5.74, 6) is 0. The number of hydrogen-bond donors (Lipinski definition) is 0. The molecule has 1 heterocycles. The molecular weight excluding hydrogens is 215 g/mol. The largest absolute Gasteiger partial charge is 0.416 e. The normalized spacial score (nSPS) is 11.5. The third-order valence-corrected chi connectivity index (χ3v) is 1.81. The summed E-state index contributed by atoms with van der Waals surface area (Å²) in [5.41, 5.74) is -0.530. The Hall–Kier alpha value is -1.03. The summed E-state index contributed by atoms with van der Waals surface area (Å²) in [6.07, 6.45) is -4.43. The standard InChI is InChI=1S/C9H7ClF3N/c1-5-3-7(4-8(10)14-5)6(2)9(11,12)13/h3-4H,2H2,1H3. The Morgan fingerprint density at radius 3 is 2.43 bits per heavy atom. The lowest BCUT2D eigenvalue weighted by molar-refractivity contribution is -0.0686. The van der Waals surface area contributed by atoms with Gasteiger partial charge in [0.1, 0.15) is 5.15 Å². The molecule has 1 rings (SSSR count). The Kier molecular flexibility index (Phi) is 2.85. The lowest BCUT2D eigenvalue weighted by Gasteiger charge is -2.10. The van der Waals surface area contributed by atoms with Crippen LogP contribution in [0.1, 0.15) is 11.3 Å². The van der Waals surface area contributed by atoms with Crippen LogP contribution in [-0.4, -0.2) is 11.2 Å². The highest BCUT2D eigenvalue weighted by Gasteiger charge is 2.33. The number of hydrogen-bond acceptors (Lipinski definition) is 1. The van der Waals surface area contributed by atoms with E-state index in [4.69, 9.17) is 11.6 Å². The summed E-state index contributed by atoms with van der Waals surface area (Å²) in [7, 11) is 0. The molecule has 0 N–H and O–H groups in total. The highest BCUT2D eigenvalue weighted by molar-refractivity contribution is 6.29. The number of pyridine rings is 1. The smallest absolute Gasteiger partial charge is 0.241 e. The molecule has 5 heteroatoms. The van der Waals surface area contributed by atoms with Crippen molar-refractivity contribution in [3.05, 3.63) is 35.1 Å². The van der Waals surface area contributed by atoms with Gasteiger partial charge < -0.3 is 0 Å². The molecule has 14 heavy (non-hydrogen) atoms. The van der Waals surface area contributed by atoms with E-state index in [1.807, 2.05) is 0 Å². The van der Waals surface area contributed by atoms with Crippen LogP contribution in [0.2, 0.25) is 5.15 Å². The fraction of sp³-hybridized carbons (Fsp3) is 0.222. The molecule has 1 aromatic rings. The topological polar surface area (TPSA) is 12.9 Å². The van der Waals surface area contributed by atoms with Crippen LogP contribution in [-0.2, 0) is 0 Å². The lowest BCUT2D eigenvalue weighted by Crippen LogP contribution is -2.09. The van der Waals surface area contributed by atoms with Crippen molar-refractivity contribution in [3.8, 4) is 0 Å². The zero-order chi connectivity index (χ0) is 10.9. The van der Waals surface area contributed by atoms with Crippen LogP contribution >= 0.6 is 11.6 Å². The molecule has 0 amide bonds. The number of aromatic nitrogens is 1. The number of rotatable bonds is 1. The summed E-state index contributed by atoms with van der Waals surface area (Å²) in [4.78, 5) is 3.76. The molecule has 0 aromatic carbocycles. The average Bonchev–Trinajstić information content (AvgIpc) is 1.99. The highest BCUT2D eigenvalue weighted by Crippen LogP contribution is 2.32. The van der Waals surface area contributed by atoms with Crippen LogP contribution in [0.4, 0.5) is 13.2 Å². The van der Waals surface area contributed by atoms with Crippen molar-refractivity contribution in [3.63, 3.8) is 0 Å². The number of alkyl halides is 3. The molecule has 0 spiro atoms. The molecule has 0 radical (unpaired) electrons. The first kappa shape index (κ1) is 11.0. The van der Waals surface area contributed by atoms with Gasteiger partial charge in [0.2, 0.25) is 0 Å². The van der Waals surface area contributed by atoms with Crippen molar-refractivity contribution in [2.45, 2.75) is 13.1 Å².